The molecule has 3 rings (SSSR count). The van der Waals surface area contributed by atoms with Crippen LogP contribution in [0.3, 0.4) is 0 Å². The Labute approximate surface area is 147 Å². The van der Waals surface area contributed by atoms with Gasteiger partial charge >= 0.3 is 0 Å². The van der Waals surface area contributed by atoms with Crippen molar-refractivity contribution in [2.75, 3.05) is 4.90 Å². The van der Waals surface area contributed by atoms with Crippen LogP contribution in [-0.4, -0.2) is 25.4 Å². The molecule has 25 heavy (non-hydrogen) atoms. The molecule has 1 unspecified atom stereocenters. The van der Waals surface area contributed by atoms with Crippen molar-refractivity contribution >= 4 is 21.6 Å². The maximum Gasteiger partial charge on any atom is 0.240 e. The smallest absolute Gasteiger partial charge is 0.240 e. The fourth-order valence-electron chi connectivity index (χ4n) is 3.09. The van der Waals surface area contributed by atoms with Crippen LogP contribution < -0.4 is 9.62 Å². The van der Waals surface area contributed by atoms with Crippen LogP contribution in [0.15, 0.2) is 47.6 Å². The topological polar surface area (TPSA) is 79.4 Å². The maximum absolute atomic E-state index is 12.5. The summed E-state index contributed by atoms with van der Waals surface area (Å²) >= 11 is 0. The standard InChI is InChI=1S/C18H21N3O3S/c1-3-18(22)21-13(2)9-15-10-16(6-7-17(15)21)25(23,24)20-12-14-5-4-8-19-11-14/h4-8,10-11,13,20H,3,9,12H2,1-2H3. The second kappa shape index (κ2) is 6.93. The van der Waals surface area contributed by atoms with E-state index in [-0.39, 0.29) is 23.4 Å². The zero-order chi connectivity index (χ0) is 18.0. The van der Waals surface area contributed by atoms with Gasteiger partial charge in [0.15, 0.2) is 0 Å². The van der Waals surface area contributed by atoms with E-state index in [1.807, 2.05) is 19.9 Å². The number of hydrogen-bond acceptors (Lipinski definition) is 4. The van der Waals surface area contributed by atoms with Crippen LogP contribution in [0, 0.1) is 0 Å². The Kier molecular flexibility index (Phi) is 4.87. The summed E-state index contributed by atoms with van der Waals surface area (Å²) in [5.41, 5.74) is 2.49. The van der Waals surface area contributed by atoms with Gasteiger partial charge in [-0.25, -0.2) is 13.1 Å². The Bertz CT molecular complexity index is 882. The first-order chi connectivity index (χ1) is 11.9. The number of nitrogens with zero attached hydrogens (tertiary/aromatic N) is 2. The molecule has 0 spiro atoms. The summed E-state index contributed by atoms with van der Waals surface area (Å²) in [7, 11) is -3.62. The predicted molar refractivity (Wildman–Crippen MR) is 95.6 cm³/mol. The molecule has 0 fully saturated rings. The van der Waals surface area contributed by atoms with E-state index in [9.17, 15) is 13.2 Å². The third-order valence-corrected chi connectivity index (χ3v) is 5.74. The van der Waals surface area contributed by atoms with Gasteiger partial charge in [0.05, 0.1) is 4.90 Å². The molecule has 1 aromatic heterocycles. The van der Waals surface area contributed by atoms with Crippen molar-refractivity contribution in [2.24, 2.45) is 0 Å². The van der Waals surface area contributed by atoms with E-state index in [4.69, 9.17) is 0 Å². The van der Waals surface area contributed by atoms with Crippen molar-refractivity contribution in [1.29, 1.82) is 0 Å². The fourth-order valence-corrected chi connectivity index (χ4v) is 4.16. The molecule has 0 saturated carbocycles. The average molecular weight is 359 g/mol. The lowest BCUT2D eigenvalue weighted by Gasteiger charge is -2.22. The highest BCUT2D eigenvalue weighted by molar-refractivity contribution is 7.89. The Morgan fingerprint density at radius 3 is 2.84 bits per heavy atom. The minimum atomic E-state index is -3.62. The quantitative estimate of drug-likeness (QED) is 0.888. The molecule has 1 aliphatic heterocycles. The number of anilines is 1. The van der Waals surface area contributed by atoms with Crippen LogP contribution in [0.25, 0.3) is 0 Å². The highest BCUT2D eigenvalue weighted by atomic mass is 32.2. The minimum absolute atomic E-state index is 0.0451. The maximum atomic E-state index is 12.5. The van der Waals surface area contributed by atoms with E-state index in [1.54, 1.807) is 41.6 Å². The monoisotopic (exact) mass is 359 g/mol. The molecule has 1 aliphatic rings. The van der Waals surface area contributed by atoms with Crippen LogP contribution in [0.2, 0.25) is 0 Å². The van der Waals surface area contributed by atoms with Crippen molar-refractivity contribution in [3.63, 3.8) is 0 Å². The largest absolute Gasteiger partial charge is 0.309 e. The van der Waals surface area contributed by atoms with Crippen molar-refractivity contribution in [3.8, 4) is 0 Å². The number of carbonyl (C=O) groups is 1. The number of aromatic nitrogens is 1. The van der Waals surface area contributed by atoms with Crippen LogP contribution in [0.5, 0.6) is 0 Å². The summed E-state index contributed by atoms with van der Waals surface area (Å²) in [4.78, 5) is 18.1. The van der Waals surface area contributed by atoms with Crippen molar-refractivity contribution in [2.45, 2.75) is 44.2 Å². The highest BCUT2D eigenvalue weighted by Gasteiger charge is 2.31. The van der Waals surface area contributed by atoms with Crippen LogP contribution in [0.1, 0.15) is 31.4 Å². The zero-order valence-electron chi connectivity index (χ0n) is 14.3. The Morgan fingerprint density at radius 1 is 1.36 bits per heavy atom. The number of sulfonamides is 1. The van der Waals surface area contributed by atoms with Gasteiger partial charge in [0, 0.05) is 37.1 Å². The molecule has 132 valence electrons. The number of benzene rings is 1. The lowest BCUT2D eigenvalue weighted by Crippen LogP contribution is -2.35. The van der Waals surface area contributed by atoms with Gasteiger partial charge in [-0.3, -0.25) is 9.78 Å². The van der Waals surface area contributed by atoms with Crippen LogP contribution in [-0.2, 0) is 27.8 Å². The minimum Gasteiger partial charge on any atom is -0.309 e. The Balaban J connectivity index is 1.82. The van der Waals surface area contributed by atoms with Crippen LogP contribution in [0.4, 0.5) is 5.69 Å². The number of carbonyl (C=O) groups excluding carboxylic acids is 1. The molecule has 0 radical (unpaired) electrons. The number of nitrogens with one attached hydrogen (secondary N) is 1. The number of amides is 1. The Morgan fingerprint density at radius 2 is 2.16 bits per heavy atom. The molecule has 1 amide bonds. The summed E-state index contributed by atoms with van der Waals surface area (Å²) in [5, 5.41) is 0. The molecule has 2 heterocycles. The third-order valence-electron chi connectivity index (χ3n) is 4.34. The number of hydrogen-bond donors (Lipinski definition) is 1. The number of pyridine rings is 1. The zero-order valence-corrected chi connectivity index (χ0v) is 15.1. The lowest BCUT2D eigenvalue weighted by molar-refractivity contribution is -0.118. The summed E-state index contributed by atoms with van der Waals surface area (Å²) in [6.07, 6.45) is 4.35. The molecule has 1 N–H and O–H groups in total. The molecule has 1 aromatic carbocycles. The van der Waals surface area contributed by atoms with Gasteiger partial charge in [0.1, 0.15) is 0 Å². The van der Waals surface area contributed by atoms with Gasteiger partial charge in [0.25, 0.3) is 0 Å². The van der Waals surface area contributed by atoms with Gasteiger partial charge in [0.2, 0.25) is 15.9 Å². The van der Waals surface area contributed by atoms with Gasteiger partial charge in [-0.05, 0) is 48.7 Å². The molecule has 0 aliphatic carbocycles. The first-order valence-corrected chi connectivity index (χ1v) is 9.74. The van der Waals surface area contributed by atoms with Gasteiger partial charge in [-0.15, -0.1) is 0 Å². The summed E-state index contributed by atoms with van der Waals surface area (Å²) in [6.45, 7) is 3.99. The van der Waals surface area contributed by atoms with E-state index < -0.39 is 10.0 Å². The second-order valence-electron chi connectivity index (χ2n) is 6.15. The molecule has 6 nitrogen and oxygen atoms in total. The van der Waals surface area contributed by atoms with Gasteiger partial charge < -0.3 is 4.90 Å². The van der Waals surface area contributed by atoms with E-state index in [0.29, 0.717) is 12.8 Å². The van der Waals surface area contributed by atoms with Crippen molar-refractivity contribution in [3.05, 3.63) is 53.9 Å². The molecule has 7 heteroatoms. The second-order valence-corrected chi connectivity index (χ2v) is 7.91. The fraction of sp³-hybridized carbons (Fsp3) is 0.333. The van der Waals surface area contributed by atoms with Crippen LogP contribution >= 0.6 is 0 Å². The highest BCUT2D eigenvalue weighted by Crippen LogP contribution is 2.34. The van der Waals surface area contributed by atoms with E-state index in [2.05, 4.69) is 9.71 Å². The normalized spacial score (nSPS) is 16.7. The van der Waals surface area contributed by atoms with E-state index in [1.165, 1.54) is 0 Å². The summed E-state index contributed by atoms with van der Waals surface area (Å²) < 4.78 is 27.7. The van der Waals surface area contributed by atoms with Crippen molar-refractivity contribution in [1.82, 2.24) is 9.71 Å². The summed E-state index contributed by atoms with van der Waals surface area (Å²) in [5.74, 6) is 0.0524. The molecular formula is C18H21N3O3S. The number of fused-ring (bicyclic) bond motifs is 1. The molecule has 0 bridgehead atoms. The van der Waals surface area contributed by atoms with Gasteiger partial charge in [-0.2, -0.15) is 0 Å². The average Bonchev–Trinajstić information content (AvgIpc) is 2.95. The molecular weight excluding hydrogens is 338 g/mol. The molecule has 2 aromatic rings. The lowest BCUT2D eigenvalue weighted by atomic mass is 10.1. The third kappa shape index (κ3) is 3.57. The predicted octanol–water partition coefficient (Wildman–Crippen LogP) is 2.25. The molecule has 1 atom stereocenters. The SMILES string of the molecule is CCC(=O)N1c2ccc(S(=O)(=O)NCc3cccnc3)cc2CC1C. The first kappa shape index (κ1) is 17.6. The van der Waals surface area contributed by atoms with E-state index >= 15 is 0 Å². The van der Waals surface area contributed by atoms with Crippen molar-refractivity contribution < 1.29 is 13.2 Å². The Hall–Kier alpha value is -2.25. The molecule has 0 saturated heterocycles. The number of rotatable bonds is 5. The van der Waals surface area contributed by atoms with E-state index in [0.717, 1.165) is 16.8 Å². The first-order valence-electron chi connectivity index (χ1n) is 8.26. The van der Waals surface area contributed by atoms with Gasteiger partial charge in [-0.1, -0.05) is 13.0 Å². The summed E-state index contributed by atoms with van der Waals surface area (Å²) in [6, 6.07) is 8.57.